The van der Waals surface area contributed by atoms with Crippen molar-refractivity contribution >= 4 is 0 Å². The molecule has 4 atom stereocenters. The average molecular weight is 262 g/mol. The SMILES string of the molecule is [2H]c1c(C([2H])([2H])[2H])c(=O)[nH]c(=O)n1[C@@H]1O[C@H](CO)[C@@H](O)[C@H]1O. The van der Waals surface area contributed by atoms with Crippen LogP contribution in [0.25, 0.3) is 0 Å². The number of hydrogen-bond acceptors (Lipinski definition) is 6. The predicted octanol–water partition coefficient (Wildman–Crippen LogP) is -2.54. The van der Waals surface area contributed by atoms with Crippen LogP contribution in [0.2, 0.25) is 0 Å². The number of aromatic nitrogens is 2. The molecule has 0 radical (unpaired) electrons. The molecule has 0 bridgehead atoms. The molecule has 0 aliphatic carbocycles. The van der Waals surface area contributed by atoms with E-state index in [4.69, 9.17) is 15.3 Å². The number of ether oxygens (including phenoxy) is 1. The highest BCUT2D eigenvalue weighted by Crippen LogP contribution is 2.27. The van der Waals surface area contributed by atoms with E-state index in [1.807, 2.05) is 0 Å². The second-order valence-corrected chi connectivity index (χ2v) is 3.84. The second-order valence-electron chi connectivity index (χ2n) is 3.84. The zero-order chi connectivity index (χ0) is 16.8. The summed E-state index contributed by atoms with van der Waals surface area (Å²) < 4.78 is 35.0. The number of aromatic amines is 1. The van der Waals surface area contributed by atoms with E-state index < -0.39 is 61.0 Å². The topological polar surface area (TPSA) is 125 Å². The van der Waals surface area contributed by atoms with E-state index in [2.05, 4.69) is 0 Å². The molecular weight excluding hydrogens is 244 g/mol. The molecule has 1 saturated heterocycles. The van der Waals surface area contributed by atoms with Crippen molar-refractivity contribution in [3.05, 3.63) is 32.6 Å². The Hall–Kier alpha value is -1.48. The van der Waals surface area contributed by atoms with Crippen LogP contribution in [0.3, 0.4) is 0 Å². The van der Waals surface area contributed by atoms with E-state index in [1.54, 1.807) is 4.98 Å². The highest BCUT2D eigenvalue weighted by Gasteiger charge is 2.43. The van der Waals surface area contributed by atoms with Crippen LogP contribution in [0, 0.1) is 6.85 Å². The van der Waals surface area contributed by atoms with Gasteiger partial charge >= 0.3 is 5.69 Å². The minimum atomic E-state index is -2.96. The van der Waals surface area contributed by atoms with Gasteiger partial charge in [-0.2, -0.15) is 0 Å². The summed E-state index contributed by atoms with van der Waals surface area (Å²) in [6.07, 6.45) is -7.00. The monoisotopic (exact) mass is 262 g/mol. The number of nitrogens with zero attached hydrogens (tertiary/aromatic N) is 1. The molecule has 1 aliphatic rings. The van der Waals surface area contributed by atoms with Gasteiger partial charge in [-0.25, -0.2) is 4.79 Å². The molecule has 8 nitrogen and oxygen atoms in total. The van der Waals surface area contributed by atoms with Gasteiger partial charge in [-0.1, -0.05) is 0 Å². The Kier molecular flexibility index (Phi) is 2.22. The molecule has 0 aromatic carbocycles. The molecular formula is C10H14N2O6. The predicted molar refractivity (Wildman–Crippen MR) is 59.1 cm³/mol. The van der Waals surface area contributed by atoms with Crippen LogP contribution in [0.15, 0.2) is 15.8 Å². The third kappa shape index (κ3) is 1.99. The van der Waals surface area contributed by atoms with Crippen LogP contribution in [-0.4, -0.2) is 49.8 Å². The molecule has 2 heterocycles. The van der Waals surface area contributed by atoms with E-state index in [1.165, 1.54) is 0 Å². The van der Waals surface area contributed by atoms with Crippen molar-refractivity contribution in [3.8, 4) is 0 Å². The molecule has 0 spiro atoms. The molecule has 1 aliphatic heterocycles. The summed E-state index contributed by atoms with van der Waals surface area (Å²) in [7, 11) is 0. The molecule has 1 fully saturated rings. The first-order valence-electron chi connectivity index (χ1n) is 7.08. The van der Waals surface area contributed by atoms with Gasteiger partial charge in [0.1, 0.15) is 18.3 Å². The summed E-state index contributed by atoms with van der Waals surface area (Å²) in [5, 5.41) is 28.5. The van der Waals surface area contributed by atoms with Crippen LogP contribution >= 0.6 is 0 Å². The molecule has 0 unspecified atom stereocenters. The zero-order valence-electron chi connectivity index (χ0n) is 13.0. The van der Waals surface area contributed by atoms with Gasteiger partial charge in [-0.3, -0.25) is 14.3 Å². The highest BCUT2D eigenvalue weighted by atomic mass is 16.6. The Labute approximate surface area is 107 Å². The zero-order valence-corrected chi connectivity index (χ0v) is 9.03. The normalized spacial score (nSPS) is 35.7. The number of rotatable bonds is 2. The van der Waals surface area contributed by atoms with E-state index >= 15 is 0 Å². The van der Waals surface area contributed by atoms with E-state index in [-0.39, 0.29) is 0 Å². The molecule has 100 valence electrons. The second kappa shape index (κ2) is 4.65. The maximum Gasteiger partial charge on any atom is 0.330 e. The lowest BCUT2D eigenvalue weighted by atomic mass is 10.1. The highest BCUT2D eigenvalue weighted by molar-refractivity contribution is 5.03. The van der Waals surface area contributed by atoms with Crippen LogP contribution in [-0.2, 0) is 4.74 Å². The van der Waals surface area contributed by atoms with Crippen molar-refractivity contribution in [2.75, 3.05) is 6.61 Å². The summed E-state index contributed by atoms with van der Waals surface area (Å²) in [6, 6.07) is 0. The van der Waals surface area contributed by atoms with Crippen molar-refractivity contribution in [2.45, 2.75) is 31.4 Å². The summed E-state index contributed by atoms with van der Waals surface area (Å²) in [5.41, 5.74) is -3.35. The van der Waals surface area contributed by atoms with Crippen LogP contribution in [0.4, 0.5) is 0 Å². The lowest BCUT2D eigenvalue weighted by Gasteiger charge is -2.17. The van der Waals surface area contributed by atoms with Gasteiger partial charge < -0.3 is 20.1 Å². The summed E-state index contributed by atoms with van der Waals surface area (Å²) >= 11 is 0. The lowest BCUT2D eigenvalue weighted by Crippen LogP contribution is -2.38. The maximum absolute atomic E-state index is 11.8. The average Bonchev–Trinajstić information content (AvgIpc) is 2.64. The van der Waals surface area contributed by atoms with Crippen LogP contribution < -0.4 is 11.2 Å². The van der Waals surface area contributed by atoms with Crippen molar-refractivity contribution < 1.29 is 25.5 Å². The minimum absolute atomic E-state index is 0.423. The van der Waals surface area contributed by atoms with E-state index in [9.17, 15) is 19.8 Å². The van der Waals surface area contributed by atoms with Crippen molar-refractivity contribution in [1.82, 2.24) is 9.55 Å². The Bertz CT molecular complexity index is 683. The van der Waals surface area contributed by atoms with Gasteiger partial charge in [0.05, 0.1) is 7.98 Å². The number of nitrogens with one attached hydrogen (secondary N) is 1. The number of aliphatic hydroxyl groups excluding tert-OH is 3. The Morgan fingerprint density at radius 3 is 2.83 bits per heavy atom. The first kappa shape index (κ1) is 8.59. The Morgan fingerprint density at radius 2 is 2.28 bits per heavy atom. The Balaban J connectivity index is 2.63. The van der Waals surface area contributed by atoms with Gasteiger partial charge in [-0.05, 0) is 6.85 Å². The summed E-state index contributed by atoms with van der Waals surface area (Å²) in [6.45, 7) is -3.62. The lowest BCUT2D eigenvalue weighted by molar-refractivity contribution is -0.0551. The van der Waals surface area contributed by atoms with Crippen molar-refractivity contribution in [2.24, 2.45) is 0 Å². The van der Waals surface area contributed by atoms with Gasteiger partial charge in [0.2, 0.25) is 0 Å². The summed E-state index contributed by atoms with van der Waals surface area (Å²) in [5.74, 6) is 0. The van der Waals surface area contributed by atoms with Crippen molar-refractivity contribution in [3.63, 3.8) is 0 Å². The fourth-order valence-corrected chi connectivity index (χ4v) is 1.71. The third-order valence-corrected chi connectivity index (χ3v) is 2.67. The quantitative estimate of drug-likeness (QED) is 0.465. The van der Waals surface area contributed by atoms with Crippen LogP contribution in [0.1, 0.15) is 17.3 Å². The molecule has 1 aromatic rings. The number of H-pyrrole nitrogens is 1. The summed E-state index contributed by atoms with van der Waals surface area (Å²) in [4.78, 5) is 25.2. The minimum Gasteiger partial charge on any atom is -0.394 e. The molecule has 0 saturated carbocycles. The molecule has 18 heavy (non-hydrogen) atoms. The number of aliphatic hydroxyl groups is 3. The third-order valence-electron chi connectivity index (χ3n) is 2.67. The molecule has 8 heteroatoms. The standard InChI is InChI=1S/C10H14N2O6/c1-4-2-12(10(17)11-8(4)16)9-7(15)6(14)5(3-13)18-9/h2,5-7,9,13-15H,3H2,1H3,(H,11,16,17)/t5-,6-,7-,9-/m1/s1/i1D3,2D. The van der Waals surface area contributed by atoms with Gasteiger partial charge in [-0.15, -0.1) is 0 Å². The fraction of sp³-hybridized carbons (Fsp3) is 0.600. The first-order chi connectivity index (χ1) is 10.1. The molecule has 4 N–H and O–H groups in total. The molecule has 1 aromatic heterocycles. The van der Waals surface area contributed by atoms with E-state index in [0.717, 1.165) is 0 Å². The maximum atomic E-state index is 11.8. The number of hydrogen-bond donors (Lipinski definition) is 4. The smallest absolute Gasteiger partial charge is 0.330 e. The van der Waals surface area contributed by atoms with Gasteiger partial charge in [0.15, 0.2) is 6.23 Å². The Morgan fingerprint density at radius 1 is 1.56 bits per heavy atom. The molecule has 0 amide bonds. The fourth-order valence-electron chi connectivity index (χ4n) is 1.71. The van der Waals surface area contributed by atoms with Crippen LogP contribution in [0.5, 0.6) is 0 Å². The van der Waals surface area contributed by atoms with Gasteiger partial charge in [0, 0.05) is 15.8 Å². The van der Waals surface area contributed by atoms with E-state index in [0.29, 0.717) is 4.57 Å². The van der Waals surface area contributed by atoms with Gasteiger partial charge in [0.25, 0.3) is 5.56 Å². The molecule has 2 rings (SSSR count). The van der Waals surface area contributed by atoms with Crippen molar-refractivity contribution in [1.29, 1.82) is 0 Å². The first-order valence-corrected chi connectivity index (χ1v) is 5.08. The largest absolute Gasteiger partial charge is 0.394 e.